The molecule has 0 saturated carbocycles. The first-order valence-corrected chi connectivity index (χ1v) is 5.96. The lowest BCUT2D eigenvalue weighted by atomic mass is 10.2. The van der Waals surface area contributed by atoms with Gasteiger partial charge in [-0.3, -0.25) is 0 Å². The number of nitrogens with two attached hydrogens (primary N) is 1. The molecule has 0 unspecified atom stereocenters. The van der Waals surface area contributed by atoms with E-state index in [4.69, 9.17) is 17.3 Å². The lowest BCUT2D eigenvalue weighted by Crippen LogP contribution is -1.93. The Bertz CT molecular complexity index is 405. The van der Waals surface area contributed by atoms with Crippen LogP contribution >= 0.6 is 34.3 Å². The molecule has 13 heavy (non-hydrogen) atoms. The molecule has 2 heterocycles. The summed E-state index contributed by atoms with van der Waals surface area (Å²) in [5.74, 6) is 0. The standard InChI is InChI=1S/C9H8ClNS2/c10-7-2-4-13-9(7)6-1-3-12-8(6)5-11/h1-4H,5,11H2. The number of rotatable bonds is 2. The minimum atomic E-state index is 0.585. The number of thiophene rings is 2. The lowest BCUT2D eigenvalue weighted by molar-refractivity contribution is 1.11. The van der Waals surface area contributed by atoms with Crippen molar-refractivity contribution in [2.24, 2.45) is 5.73 Å². The maximum Gasteiger partial charge on any atom is 0.0592 e. The summed E-state index contributed by atoms with van der Waals surface area (Å²) in [6, 6.07) is 3.99. The molecule has 68 valence electrons. The van der Waals surface area contributed by atoms with Gasteiger partial charge >= 0.3 is 0 Å². The van der Waals surface area contributed by atoms with Crippen LogP contribution in [-0.2, 0) is 6.54 Å². The Balaban J connectivity index is 2.52. The maximum atomic E-state index is 6.03. The van der Waals surface area contributed by atoms with Gasteiger partial charge in [-0.25, -0.2) is 0 Å². The Kier molecular flexibility index (Phi) is 2.69. The van der Waals surface area contributed by atoms with E-state index in [1.54, 1.807) is 22.7 Å². The fourth-order valence-electron chi connectivity index (χ4n) is 1.19. The Morgan fingerprint density at radius 1 is 1.23 bits per heavy atom. The zero-order valence-electron chi connectivity index (χ0n) is 6.79. The molecule has 0 aliphatic heterocycles. The van der Waals surface area contributed by atoms with E-state index in [9.17, 15) is 0 Å². The van der Waals surface area contributed by atoms with E-state index < -0.39 is 0 Å². The summed E-state index contributed by atoms with van der Waals surface area (Å²) < 4.78 is 0. The van der Waals surface area contributed by atoms with Gasteiger partial charge in [0.15, 0.2) is 0 Å². The monoisotopic (exact) mass is 229 g/mol. The average Bonchev–Trinajstić information content (AvgIpc) is 2.71. The van der Waals surface area contributed by atoms with E-state index in [0.717, 1.165) is 9.90 Å². The van der Waals surface area contributed by atoms with Crippen LogP contribution in [0.25, 0.3) is 10.4 Å². The van der Waals surface area contributed by atoms with Crippen LogP contribution < -0.4 is 5.73 Å². The minimum absolute atomic E-state index is 0.585. The van der Waals surface area contributed by atoms with Crippen molar-refractivity contribution in [3.63, 3.8) is 0 Å². The maximum absolute atomic E-state index is 6.03. The van der Waals surface area contributed by atoms with Crippen LogP contribution in [0.15, 0.2) is 22.9 Å². The molecule has 0 bridgehead atoms. The molecule has 0 radical (unpaired) electrons. The molecule has 2 N–H and O–H groups in total. The van der Waals surface area contributed by atoms with Crippen LogP contribution in [0.5, 0.6) is 0 Å². The van der Waals surface area contributed by atoms with E-state index >= 15 is 0 Å². The first-order valence-electron chi connectivity index (χ1n) is 3.82. The van der Waals surface area contributed by atoms with Crippen molar-refractivity contribution in [1.29, 1.82) is 0 Å². The van der Waals surface area contributed by atoms with Crippen LogP contribution in [-0.4, -0.2) is 0 Å². The van der Waals surface area contributed by atoms with Gasteiger partial charge < -0.3 is 5.73 Å². The Morgan fingerprint density at radius 2 is 2.00 bits per heavy atom. The predicted octanol–water partition coefficient (Wildman–Crippen LogP) is 3.59. The van der Waals surface area contributed by atoms with Crippen molar-refractivity contribution >= 4 is 34.3 Å². The highest BCUT2D eigenvalue weighted by molar-refractivity contribution is 7.15. The van der Waals surface area contributed by atoms with Crippen molar-refractivity contribution < 1.29 is 0 Å². The summed E-state index contributed by atoms with van der Waals surface area (Å²) in [7, 11) is 0. The van der Waals surface area contributed by atoms with Gasteiger partial charge in [-0.15, -0.1) is 22.7 Å². The quantitative estimate of drug-likeness (QED) is 0.837. The summed E-state index contributed by atoms with van der Waals surface area (Å²) in [6.07, 6.45) is 0. The molecule has 0 aliphatic carbocycles. The van der Waals surface area contributed by atoms with Crippen molar-refractivity contribution in [3.05, 3.63) is 32.8 Å². The van der Waals surface area contributed by atoms with Crippen LogP contribution in [0.3, 0.4) is 0 Å². The third kappa shape index (κ3) is 1.65. The molecule has 0 aliphatic rings. The Morgan fingerprint density at radius 3 is 2.62 bits per heavy atom. The van der Waals surface area contributed by atoms with Crippen LogP contribution in [0.1, 0.15) is 4.88 Å². The van der Waals surface area contributed by atoms with Gasteiger partial charge in [0.05, 0.1) is 9.90 Å². The summed E-state index contributed by atoms with van der Waals surface area (Å²) in [6.45, 7) is 0.585. The van der Waals surface area contributed by atoms with Gasteiger partial charge in [-0.05, 0) is 22.9 Å². The van der Waals surface area contributed by atoms with E-state index in [-0.39, 0.29) is 0 Å². The molecular formula is C9H8ClNS2. The van der Waals surface area contributed by atoms with Crippen molar-refractivity contribution in [2.75, 3.05) is 0 Å². The third-order valence-electron chi connectivity index (χ3n) is 1.79. The molecule has 0 amide bonds. The molecule has 0 saturated heterocycles. The number of halogens is 1. The van der Waals surface area contributed by atoms with Crippen molar-refractivity contribution in [1.82, 2.24) is 0 Å². The van der Waals surface area contributed by atoms with Gasteiger partial charge in [-0.1, -0.05) is 11.6 Å². The second-order valence-electron chi connectivity index (χ2n) is 2.56. The summed E-state index contributed by atoms with van der Waals surface area (Å²) in [5.41, 5.74) is 6.81. The molecule has 0 fully saturated rings. The number of hydrogen-bond donors (Lipinski definition) is 1. The highest BCUT2D eigenvalue weighted by atomic mass is 35.5. The highest BCUT2D eigenvalue weighted by Gasteiger charge is 2.09. The molecule has 1 nitrogen and oxygen atoms in total. The van der Waals surface area contributed by atoms with E-state index in [1.807, 2.05) is 16.8 Å². The molecule has 2 rings (SSSR count). The van der Waals surface area contributed by atoms with Gasteiger partial charge in [0.2, 0.25) is 0 Å². The SMILES string of the molecule is NCc1sccc1-c1sccc1Cl. The topological polar surface area (TPSA) is 26.0 Å². The Labute approximate surface area is 89.8 Å². The molecule has 0 aromatic carbocycles. The van der Waals surface area contributed by atoms with E-state index in [2.05, 4.69) is 6.07 Å². The average molecular weight is 230 g/mol. The normalized spacial score (nSPS) is 10.6. The molecule has 0 spiro atoms. The van der Waals surface area contributed by atoms with Crippen molar-refractivity contribution in [2.45, 2.75) is 6.54 Å². The molecule has 2 aromatic rings. The van der Waals surface area contributed by atoms with Crippen LogP contribution in [0.4, 0.5) is 0 Å². The van der Waals surface area contributed by atoms with Crippen molar-refractivity contribution in [3.8, 4) is 10.4 Å². The molecule has 2 aromatic heterocycles. The summed E-state index contributed by atoms with van der Waals surface area (Å²) >= 11 is 9.37. The number of hydrogen-bond acceptors (Lipinski definition) is 3. The molecule has 4 heteroatoms. The first kappa shape index (κ1) is 9.21. The van der Waals surface area contributed by atoms with Crippen LogP contribution in [0.2, 0.25) is 5.02 Å². The van der Waals surface area contributed by atoms with Gasteiger partial charge in [0, 0.05) is 17.0 Å². The van der Waals surface area contributed by atoms with E-state index in [1.165, 1.54) is 10.4 Å². The second kappa shape index (κ2) is 3.80. The van der Waals surface area contributed by atoms with Gasteiger partial charge in [0.25, 0.3) is 0 Å². The largest absolute Gasteiger partial charge is 0.326 e. The zero-order chi connectivity index (χ0) is 9.26. The zero-order valence-corrected chi connectivity index (χ0v) is 9.18. The van der Waals surface area contributed by atoms with Gasteiger partial charge in [-0.2, -0.15) is 0 Å². The van der Waals surface area contributed by atoms with E-state index in [0.29, 0.717) is 6.54 Å². The smallest absolute Gasteiger partial charge is 0.0592 e. The highest BCUT2D eigenvalue weighted by Crippen LogP contribution is 2.37. The lowest BCUT2D eigenvalue weighted by Gasteiger charge is -1.98. The predicted molar refractivity (Wildman–Crippen MR) is 60.5 cm³/mol. The Hall–Kier alpha value is -0.350. The fourth-order valence-corrected chi connectivity index (χ4v) is 3.23. The summed E-state index contributed by atoms with van der Waals surface area (Å²) in [5, 5.41) is 4.86. The third-order valence-corrected chi connectivity index (χ3v) is 4.11. The first-order chi connectivity index (χ1) is 6.33. The molecular weight excluding hydrogens is 222 g/mol. The fraction of sp³-hybridized carbons (Fsp3) is 0.111. The van der Waals surface area contributed by atoms with Gasteiger partial charge in [0.1, 0.15) is 0 Å². The van der Waals surface area contributed by atoms with Crippen LogP contribution in [0, 0.1) is 0 Å². The minimum Gasteiger partial charge on any atom is -0.326 e. The summed E-state index contributed by atoms with van der Waals surface area (Å²) in [4.78, 5) is 2.33. The molecule has 0 atom stereocenters. The second-order valence-corrected chi connectivity index (χ2v) is 4.88.